The molecule has 0 amide bonds. The van der Waals surface area contributed by atoms with Gasteiger partial charge in [-0.2, -0.15) is 0 Å². The lowest BCUT2D eigenvalue weighted by Gasteiger charge is -2.28. The van der Waals surface area contributed by atoms with Gasteiger partial charge in [-0.1, -0.05) is 193 Å². The zero-order valence-corrected chi connectivity index (χ0v) is 39.7. The predicted octanol–water partition coefficient (Wildman–Crippen LogP) is 13.5. The maximum absolute atomic E-state index is 12.7. The molecule has 0 aliphatic carbocycles. The topological polar surface area (TPSA) is 111 Å². The summed E-state index contributed by atoms with van der Waals surface area (Å²) in [4.78, 5) is 37.6. The maximum atomic E-state index is 12.7. The Morgan fingerprint density at radius 3 is 1.28 bits per heavy atom. The van der Waals surface area contributed by atoms with Gasteiger partial charge in [-0.05, 0) is 38.5 Å². The molecule has 0 aromatic rings. The molecule has 344 valence electrons. The number of hydrogen-bond acceptors (Lipinski definition) is 8. The van der Waals surface area contributed by atoms with Crippen LogP contribution in [0.3, 0.4) is 0 Å². The Morgan fingerprint density at radius 1 is 0.517 bits per heavy atom. The molecule has 0 aromatic carbocycles. The first-order chi connectivity index (χ1) is 28.0. The second kappa shape index (κ2) is 41.1. The molecule has 2 atom stereocenters. The van der Waals surface area contributed by atoms with Gasteiger partial charge >= 0.3 is 11.9 Å². The summed E-state index contributed by atoms with van der Waals surface area (Å²) in [6.07, 6.45) is 43.8. The number of hydrogen-bond donors (Lipinski definition) is 0. The average Bonchev–Trinajstić information content (AvgIpc) is 3.17. The van der Waals surface area contributed by atoms with E-state index in [1.807, 2.05) is 21.1 Å². The van der Waals surface area contributed by atoms with Crippen molar-refractivity contribution >= 4 is 19.8 Å². The molecule has 1 unspecified atom stereocenters. The van der Waals surface area contributed by atoms with E-state index in [1.165, 1.54) is 148 Å². The second-order valence-electron chi connectivity index (χ2n) is 17.8. The van der Waals surface area contributed by atoms with Crippen molar-refractivity contribution in [3.8, 4) is 0 Å². The lowest BCUT2D eigenvalue weighted by Crippen LogP contribution is -2.37. The third-order valence-electron chi connectivity index (χ3n) is 10.8. The van der Waals surface area contributed by atoms with Crippen LogP contribution in [0.1, 0.15) is 232 Å². The SMILES string of the molecule is CCCCCCCC/C=C\CCCCCCCC(=O)OC[C@H](COP(=O)([O-])OCC[N+](C)(C)C)OC(=O)CCCCCCCCCCCCCCCCCCCCC. The Morgan fingerprint density at radius 2 is 0.879 bits per heavy atom. The number of esters is 2. The van der Waals surface area contributed by atoms with Crippen molar-refractivity contribution in [3.63, 3.8) is 0 Å². The van der Waals surface area contributed by atoms with Crippen LogP contribution < -0.4 is 4.89 Å². The lowest BCUT2D eigenvalue weighted by atomic mass is 10.0. The summed E-state index contributed by atoms with van der Waals surface area (Å²) in [5, 5.41) is 0. The third kappa shape index (κ3) is 44.3. The van der Waals surface area contributed by atoms with Crippen molar-refractivity contribution in [3.05, 3.63) is 12.2 Å². The number of rotatable bonds is 45. The van der Waals surface area contributed by atoms with Gasteiger partial charge in [0.25, 0.3) is 7.82 Å². The number of nitrogens with zero attached hydrogens (tertiary/aromatic N) is 1. The van der Waals surface area contributed by atoms with Crippen molar-refractivity contribution in [2.75, 3.05) is 47.5 Å². The third-order valence-corrected chi connectivity index (χ3v) is 11.7. The molecule has 0 saturated heterocycles. The Hall–Kier alpha value is -1.25. The zero-order valence-electron chi connectivity index (χ0n) is 38.8. The maximum Gasteiger partial charge on any atom is 0.306 e. The number of phosphoric acid groups is 1. The van der Waals surface area contributed by atoms with Crippen molar-refractivity contribution in [2.24, 2.45) is 0 Å². The number of unbranched alkanes of at least 4 members (excludes halogenated alkanes) is 29. The Balaban J connectivity index is 4.26. The molecule has 0 heterocycles. The van der Waals surface area contributed by atoms with Crippen LogP contribution in [-0.4, -0.2) is 70.0 Å². The number of carbonyl (C=O) groups excluding carboxylic acids is 2. The van der Waals surface area contributed by atoms with E-state index in [4.69, 9.17) is 18.5 Å². The quantitative estimate of drug-likeness (QED) is 0.0196. The number of allylic oxidation sites excluding steroid dienone is 2. The van der Waals surface area contributed by atoms with Crippen LogP contribution in [0.5, 0.6) is 0 Å². The minimum Gasteiger partial charge on any atom is -0.756 e. The monoisotopic (exact) mass is 844 g/mol. The summed E-state index contributed by atoms with van der Waals surface area (Å²) in [5.41, 5.74) is 0. The highest BCUT2D eigenvalue weighted by Gasteiger charge is 2.21. The summed E-state index contributed by atoms with van der Waals surface area (Å²) in [5.74, 6) is -0.831. The molecule has 0 radical (unpaired) electrons. The molecule has 9 nitrogen and oxygen atoms in total. The van der Waals surface area contributed by atoms with Crippen LogP contribution in [0, 0.1) is 0 Å². The van der Waals surface area contributed by atoms with E-state index in [1.54, 1.807) is 0 Å². The minimum absolute atomic E-state index is 0.0287. The van der Waals surface area contributed by atoms with E-state index in [-0.39, 0.29) is 32.0 Å². The number of quaternary nitrogens is 1. The van der Waals surface area contributed by atoms with E-state index < -0.39 is 26.5 Å². The molecule has 0 aliphatic heterocycles. The summed E-state index contributed by atoms with van der Waals surface area (Å²) < 4.78 is 34.0. The number of carbonyl (C=O) groups is 2. The van der Waals surface area contributed by atoms with Crippen LogP contribution in [0.2, 0.25) is 0 Å². The minimum atomic E-state index is -4.62. The highest BCUT2D eigenvalue weighted by Crippen LogP contribution is 2.38. The highest BCUT2D eigenvalue weighted by atomic mass is 31.2. The fourth-order valence-electron chi connectivity index (χ4n) is 6.95. The van der Waals surface area contributed by atoms with Gasteiger partial charge in [0.1, 0.15) is 19.8 Å². The van der Waals surface area contributed by atoms with E-state index in [0.29, 0.717) is 17.4 Å². The van der Waals surface area contributed by atoms with Gasteiger partial charge in [0, 0.05) is 12.8 Å². The van der Waals surface area contributed by atoms with Crippen LogP contribution in [0.4, 0.5) is 0 Å². The summed E-state index contributed by atoms with van der Waals surface area (Å²) in [6.45, 7) is 4.25. The largest absolute Gasteiger partial charge is 0.756 e. The molecular weight excluding hydrogens is 750 g/mol. The van der Waals surface area contributed by atoms with Crippen molar-refractivity contribution in [1.82, 2.24) is 0 Å². The smallest absolute Gasteiger partial charge is 0.306 e. The number of ether oxygens (including phenoxy) is 2. The van der Waals surface area contributed by atoms with Gasteiger partial charge in [-0.3, -0.25) is 14.2 Å². The first-order valence-electron chi connectivity index (χ1n) is 24.4. The lowest BCUT2D eigenvalue weighted by molar-refractivity contribution is -0.870. The molecule has 0 saturated carbocycles. The van der Waals surface area contributed by atoms with Crippen molar-refractivity contribution in [1.29, 1.82) is 0 Å². The average molecular weight is 844 g/mol. The first kappa shape index (κ1) is 56.8. The van der Waals surface area contributed by atoms with E-state index in [9.17, 15) is 19.0 Å². The summed E-state index contributed by atoms with van der Waals surface area (Å²) >= 11 is 0. The fourth-order valence-corrected chi connectivity index (χ4v) is 7.67. The summed E-state index contributed by atoms with van der Waals surface area (Å²) in [6, 6.07) is 0. The Kier molecular flexibility index (Phi) is 40.2. The van der Waals surface area contributed by atoms with Gasteiger partial charge < -0.3 is 27.9 Å². The molecular formula is C48H94NO8P. The molecule has 0 aromatic heterocycles. The standard InChI is InChI=1S/C48H94NO8P/c1-6-8-10-12-14-16-18-20-22-23-24-25-27-29-31-33-35-37-39-41-48(51)57-46(45-56-58(52,53)55-43-42-49(3,4)5)44-54-47(50)40-38-36-34-32-30-28-26-21-19-17-15-13-11-9-7-2/h21,26,46H,6-20,22-25,27-45H2,1-5H3/b26-21-/t46-/m1/s1. The molecule has 10 heteroatoms. The highest BCUT2D eigenvalue weighted by molar-refractivity contribution is 7.45. The van der Waals surface area contributed by atoms with Gasteiger partial charge in [-0.15, -0.1) is 0 Å². The zero-order chi connectivity index (χ0) is 42.8. The predicted molar refractivity (Wildman–Crippen MR) is 241 cm³/mol. The number of likely N-dealkylation sites (N-methyl/N-ethyl adjacent to an activating group) is 1. The normalized spacial score (nSPS) is 13.6. The summed E-state index contributed by atoms with van der Waals surface area (Å²) in [7, 11) is 1.17. The second-order valence-corrected chi connectivity index (χ2v) is 19.2. The van der Waals surface area contributed by atoms with E-state index in [0.717, 1.165) is 51.4 Å². The number of phosphoric ester groups is 1. The molecule has 0 spiro atoms. The van der Waals surface area contributed by atoms with Crippen LogP contribution in [0.15, 0.2) is 12.2 Å². The molecule has 0 bridgehead atoms. The van der Waals surface area contributed by atoms with Gasteiger partial charge in [0.05, 0.1) is 27.7 Å². The Bertz CT molecular complexity index is 1000. The van der Waals surface area contributed by atoms with Gasteiger partial charge in [-0.25, -0.2) is 0 Å². The van der Waals surface area contributed by atoms with Crippen LogP contribution in [-0.2, 0) is 32.7 Å². The van der Waals surface area contributed by atoms with E-state index >= 15 is 0 Å². The van der Waals surface area contributed by atoms with Gasteiger partial charge in [0.2, 0.25) is 0 Å². The Labute approximate surface area is 358 Å². The molecule has 0 fully saturated rings. The van der Waals surface area contributed by atoms with Gasteiger partial charge in [0.15, 0.2) is 6.10 Å². The molecule has 0 N–H and O–H groups in total. The molecule has 0 rings (SSSR count). The molecule has 58 heavy (non-hydrogen) atoms. The van der Waals surface area contributed by atoms with Crippen LogP contribution >= 0.6 is 7.82 Å². The molecule has 0 aliphatic rings. The van der Waals surface area contributed by atoms with E-state index in [2.05, 4.69) is 26.0 Å². The van der Waals surface area contributed by atoms with Crippen molar-refractivity contribution in [2.45, 2.75) is 238 Å². The fraction of sp³-hybridized carbons (Fsp3) is 0.917. The van der Waals surface area contributed by atoms with Crippen LogP contribution in [0.25, 0.3) is 0 Å². The van der Waals surface area contributed by atoms with Crippen molar-refractivity contribution < 1.29 is 42.1 Å². The first-order valence-corrected chi connectivity index (χ1v) is 25.9.